The molecule has 0 aliphatic rings. The van der Waals surface area contributed by atoms with Crippen LogP contribution >= 0.6 is 0 Å². The Kier molecular flexibility index (Phi) is 7.16. The fraction of sp³-hybridized carbons (Fsp3) is 0.867. The zero-order valence-electron chi connectivity index (χ0n) is 14.5. The molecule has 0 heterocycles. The van der Waals surface area contributed by atoms with Gasteiger partial charge >= 0.3 is 12.1 Å². The van der Waals surface area contributed by atoms with E-state index in [9.17, 15) is 9.59 Å². The van der Waals surface area contributed by atoms with Crippen molar-refractivity contribution in [3.05, 3.63) is 0 Å². The lowest BCUT2D eigenvalue weighted by Gasteiger charge is -2.32. The minimum atomic E-state index is -0.737. The summed E-state index contributed by atoms with van der Waals surface area (Å²) in [5.74, 6) is -0.465. The SMILES string of the molecule is CC[C@@H](C(=O)OC(C)(C)C)N(COC)C(=O)OC(C)(C)C. The van der Waals surface area contributed by atoms with Crippen molar-refractivity contribution in [2.45, 2.75) is 72.1 Å². The van der Waals surface area contributed by atoms with E-state index in [1.807, 2.05) is 6.92 Å². The van der Waals surface area contributed by atoms with Gasteiger partial charge in [0.2, 0.25) is 0 Å². The first-order valence-corrected chi connectivity index (χ1v) is 7.12. The van der Waals surface area contributed by atoms with E-state index in [1.165, 1.54) is 12.0 Å². The summed E-state index contributed by atoms with van der Waals surface area (Å²) in [5.41, 5.74) is -1.26. The predicted molar refractivity (Wildman–Crippen MR) is 79.9 cm³/mol. The average Bonchev–Trinajstić information content (AvgIpc) is 2.23. The van der Waals surface area contributed by atoms with E-state index in [0.29, 0.717) is 6.42 Å². The number of methoxy groups -OCH3 is 1. The lowest BCUT2D eigenvalue weighted by Crippen LogP contribution is -2.49. The maximum atomic E-state index is 12.2. The number of carbonyl (C=O) groups excluding carboxylic acids is 2. The Labute approximate surface area is 127 Å². The second kappa shape index (κ2) is 7.64. The van der Waals surface area contributed by atoms with E-state index in [2.05, 4.69) is 0 Å². The molecule has 1 atom stereocenters. The summed E-state index contributed by atoms with van der Waals surface area (Å²) in [5, 5.41) is 0. The fourth-order valence-electron chi connectivity index (χ4n) is 1.61. The topological polar surface area (TPSA) is 65.1 Å². The molecule has 0 radical (unpaired) electrons. The van der Waals surface area contributed by atoms with Crippen molar-refractivity contribution in [2.75, 3.05) is 13.8 Å². The summed E-state index contributed by atoms with van der Waals surface area (Å²) < 4.78 is 15.7. The average molecular weight is 303 g/mol. The molecule has 0 aliphatic carbocycles. The van der Waals surface area contributed by atoms with Crippen LogP contribution in [0.25, 0.3) is 0 Å². The molecule has 0 bridgehead atoms. The molecule has 0 aromatic carbocycles. The van der Waals surface area contributed by atoms with Crippen LogP contribution in [0.15, 0.2) is 0 Å². The van der Waals surface area contributed by atoms with Gasteiger partial charge in [0.25, 0.3) is 0 Å². The molecule has 21 heavy (non-hydrogen) atoms. The van der Waals surface area contributed by atoms with Gasteiger partial charge in [-0.15, -0.1) is 0 Å². The second-order valence-electron chi connectivity index (χ2n) is 6.83. The number of rotatable bonds is 5. The van der Waals surface area contributed by atoms with Crippen LogP contribution in [0, 0.1) is 0 Å². The third-order valence-corrected chi connectivity index (χ3v) is 2.34. The van der Waals surface area contributed by atoms with Crippen molar-refractivity contribution in [2.24, 2.45) is 0 Å². The minimum Gasteiger partial charge on any atom is -0.458 e. The Bertz CT molecular complexity index is 354. The van der Waals surface area contributed by atoms with Crippen LogP contribution in [-0.2, 0) is 19.0 Å². The van der Waals surface area contributed by atoms with Crippen molar-refractivity contribution in [1.82, 2.24) is 4.90 Å². The maximum absolute atomic E-state index is 12.2. The van der Waals surface area contributed by atoms with Gasteiger partial charge in [0.1, 0.15) is 24.0 Å². The fourth-order valence-corrected chi connectivity index (χ4v) is 1.61. The largest absolute Gasteiger partial charge is 0.458 e. The van der Waals surface area contributed by atoms with E-state index >= 15 is 0 Å². The van der Waals surface area contributed by atoms with E-state index in [0.717, 1.165) is 0 Å². The highest BCUT2D eigenvalue weighted by molar-refractivity contribution is 5.81. The van der Waals surface area contributed by atoms with Crippen LogP contribution in [0.1, 0.15) is 54.9 Å². The summed E-state index contributed by atoms with van der Waals surface area (Å²) >= 11 is 0. The van der Waals surface area contributed by atoms with Crippen molar-refractivity contribution in [1.29, 1.82) is 0 Å². The van der Waals surface area contributed by atoms with Gasteiger partial charge in [-0.1, -0.05) is 6.92 Å². The van der Waals surface area contributed by atoms with E-state index in [4.69, 9.17) is 14.2 Å². The first-order valence-electron chi connectivity index (χ1n) is 7.12. The molecule has 0 aromatic rings. The summed E-state index contributed by atoms with van der Waals surface area (Å²) in [6, 6.07) is -0.737. The van der Waals surface area contributed by atoms with Crippen molar-refractivity contribution < 1.29 is 23.8 Å². The Hall–Kier alpha value is -1.30. The van der Waals surface area contributed by atoms with Crippen molar-refractivity contribution >= 4 is 12.1 Å². The minimum absolute atomic E-state index is 0.0351. The third kappa shape index (κ3) is 7.90. The number of carbonyl (C=O) groups is 2. The zero-order valence-corrected chi connectivity index (χ0v) is 14.5. The number of hydrogen-bond donors (Lipinski definition) is 0. The molecule has 0 rings (SSSR count). The van der Waals surface area contributed by atoms with Gasteiger partial charge in [-0.25, -0.2) is 9.59 Å². The highest BCUT2D eigenvalue weighted by Gasteiger charge is 2.34. The van der Waals surface area contributed by atoms with Crippen LogP contribution in [0.5, 0.6) is 0 Å². The van der Waals surface area contributed by atoms with Gasteiger partial charge in [-0.05, 0) is 48.0 Å². The predicted octanol–water partition coefficient (Wildman–Crippen LogP) is 2.95. The molecular formula is C15H29NO5. The Morgan fingerprint density at radius 1 is 1.00 bits per heavy atom. The van der Waals surface area contributed by atoms with E-state index in [1.54, 1.807) is 41.5 Å². The highest BCUT2D eigenvalue weighted by Crippen LogP contribution is 2.17. The number of ether oxygens (including phenoxy) is 3. The monoisotopic (exact) mass is 303 g/mol. The molecule has 0 aromatic heterocycles. The molecule has 124 valence electrons. The van der Waals surface area contributed by atoms with Crippen LogP contribution < -0.4 is 0 Å². The number of amides is 1. The summed E-state index contributed by atoms with van der Waals surface area (Å²) in [4.78, 5) is 25.7. The number of nitrogens with zero attached hydrogens (tertiary/aromatic N) is 1. The second-order valence-corrected chi connectivity index (χ2v) is 6.83. The van der Waals surface area contributed by atoms with Crippen LogP contribution in [0.3, 0.4) is 0 Å². The molecule has 0 fully saturated rings. The van der Waals surface area contributed by atoms with Crippen molar-refractivity contribution in [3.8, 4) is 0 Å². The van der Waals surface area contributed by atoms with Crippen molar-refractivity contribution in [3.63, 3.8) is 0 Å². The molecule has 0 saturated carbocycles. The Morgan fingerprint density at radius 3 is 1.81 bits per heavy atom. The molecule has 0 N–H and O–H groups in total. The van der Waals surface area contributed by atoms with Gasteiger partial charge in [-0.2, -0.15) is 0 Å². The van der Waals surface area contributed by atoms with Gasteiger partial charge in [0.05, 0.1) is 0 Å². The van der Waals surface area contributed by atoms with Crippen LogP contribution in [0.2, 0.25) is 0 Å². The van der Waals surface area contributed by atoms with Gasteiger partial charge in [0.15, 0.2) is 0 Å². The Balaban J connectivity index is 5.12. The van der Waals surface area contributed by atoms with Crippen LogP contribution in [-0.4, -0.2) is 48.0 Å². The summed E-state index contributed by atoms with van der Waals surface area (Å²) in [6.07, 6.45) is -0.181. The maximum Gasteiger partial charge on any atom is 0.412 e. The summed E-state index contributed by atoms with van der Waals surface area (Å²) in [6.45, 7) is 12.4. The molecular weight excluding hydrogens is 274 g/mol. The molecule has 0 spiro atoms. The first-order chi connectivity index (χ1) is 9.41. The quantitative estimate of drug-likeness (QED) is 0.577. The first kappa shape index (κ1) is 19.7. The molecule has 0 unspecified atom stereocenters. The molecule has 6 nitrogen and oxygen atoms in total. The van der Waals surface area contributed by atoms with E-state index < -0.39 is 29.3 Å². The van der Waals surface area contributed by atoms with Gasteiger partial charge < -0.3 is 14.2 Å². The molecule has 0 aliphatic heterocycles. The summed E-state index contributed by atoms with van der Waals surface area (Å²) in [7, 11) is 1.46. The normalized spacial score (nSPS) is 13.5. The standard InChI is InChI=1S/C15H29NO5/c1-9-11(12(17)20-14(2,3)4)16(10-19-8)13(18)21-15(5,6)7/h11H,9-10H2,1-8H3/t11-/m0/s1. The van der Waals surface area contributed by atoms with E-state index in [-0.39, 0.29) is 6.73 Å². The highest BCUT2D eigenvalue weighted by atomic mass is 16.6. The number of hydrogen-bond acceptors (Lipinski definition) is 5. The lowest BCUT2D eigenvalue weighted by molar-refractivity contribution is -0.163. The van der Waals surface area contributed by atoms with Gasteiger partial charge in [0, 0.05) is 7.11 Å². The molecule has 1 amide bonds. The number of esters is 1. The lowest BCUT2D eigenvalue weighted by atomic mass is 10.1. The van der Waals surface area contributed by atoms with Gasteiger partial charge in [-0.3, -0.25) is 4.90 Å². The Morgan fingerprint density at radius 2 is 1.48 bits per heavy atom. The smallest absolute Gasteiger partial charge is 0.412 e. The van der Waals surface area contributed by atoms with Crippen LogP contribution in [0.4, 0.5) is 4.79 Å². The molecule has 0 saturated heterocycles. The zero-order chi connectivity index (χ0) is 16.8. The third-order valence-electron chi connectivity index (χ3n) is 2.34. The molecule has 6 heteroatoms.